The number of rotatable bonds is 6. The molecule has 0 amide bonds. The average molecular weight is 268 g/mol. The summed E-state index contributed by atoms with van der Waals surface area (Å²) in [6.45, 7) is 7.49. The van der Waals surface area contributed by atoms with E-state index in [2.05, 4.69) is 61.4 Å². The molecule has 2 aromatic rings. The van der Waals surface area contributed by atoms with Crippen LogP contribution in [0.2, 0.25) is 0 Å². The average Bonchev–Trinajstić information content (AvgIpc) is 2.49. The van der Waals surface area contributed by atoms with E-state index in [1.54, 1.807) is 0 Å². The molecule has 2 rings (SSSR count). The van der Waals surface area contributed by atoms with Crippen LogP contribution in [0.5, 0.6) is 0 Å². The summed E-state index contributed by atoms with van der Waals surface area (Å²) in [5, 5.41) is 3.65. The van der Waals surface area contributed by atoms with Gasteiger partial charge in [0.05, 0.1) is 6.04 Å². The fourth-order valence-electron chi connectivity index (χ4n) is 2.49. The molecule has 0 aliphatic heterocycles. The molecule has 0 bridgehead atoms. The first-order chi connectivity index (χ1) is 9.76. The Morgan fingerprint density at radius 1 is 1.15 bits per heavy atom. The summed E-state index contributed by atoms with van der Waals surface area (Å²) in [4.78, 5) is 4.44. The Morgan fingerprint density at radius 2 is 2.00 bits per heavy atom. The maximum absolute atomic E-state index is 4.44. The zero-order valence-corrected chi connectivity index (χ0v) is 12.7. The molecule has 1 aromatic carbocycles. The van der Waals surface area contributed by atoms with Gasteiger partial charge in [-0.1, -0.05) is 44.2 Å². The number of nitrogens with one attached hydrogen (secondary N) is 1. The molecular formula is C18H24N2. The van der Waals surface area contributed by atoms with Crippen LogP contribution in [0.4, 0.5) is 0 Å². The van der Waals surface area contributed by atoms with E-state index < -0.39 is 0 Å². The van der Waals surface area contributed by atoms with Crippen molar-refractivity contribution in [2.45, 2.75) is 39.7 Å². The van der Waals surface area contributed by atoms with Gasteiger partial charge in [-0.15, -0.1) is 0 Å². The maximum atomic E-state index is 4.44. The third-order valence-corrected chi connectivity index (χ3v) is 3.65. The van der Waals surface area contributed by atoms with Gasteiger partial charge < -0.3 is 5.32 Å². The van der Waals surface area contributed by atoms with Gasteiger partial charge in [-0.05, 0) is 49.1 Å². The van der Waals surface area contributed by atoms with Gasteiger partial charge >= 0.3 is 0 Å². The summed E-state index contributed by atoms with van der Waals surface area (Å²) in [5.41, 5.74) is 5.08. The monoisotopic (exact) mass is 268 g/mol. The van der Waals surface area contributed by atoms with Crippen molar-refractivity contribution in [3.05, 3.63) is 65.0 Å². The fourth-order valence-corrected chi connectivity index (χ4v) is 2.49. The Balaban J connectivity index is 2.38. The van der Waals surface area contributed by atoms with E-state index in [0.29, 0.717) is 0 Å². The maximum Gasteiger partial charge on any atom is 0.0594 e. The predicted octanol–water partition coefficient (Wildman–Crippen LogP) is 4.04. The highest BCUT2D eigenvalue weighted by Crippen LogP contribution is 2.24. The highest BCUT2D eigenvalue weighted by Gasteiger charge is 2.15. The topological polar surface area (TPSA) is 24.9 Å². The molecule has 0 aliphatic carbocycles. The Kier molecular flexibility index (Phi) is 5.31. The zero-order valence-electron chi connectivity index (χ0n) is 12.7. The van der Waals surface area contributed by atoms with E-state index in [-0.39, 0.29) is 6.04 Å². The molecule has 1 heterocycles. The zero-order chi connectivity index (χ0) is 14.4. The van der Waals surface area contributed by atoms with E-state index in [4.69, 9.17) is 0 Å². The normalized spacial score (nSPS) is 12.3. The minimum absolute atomic E-state index is 0.232. The number of benzene rings is 1. The Hall–Kier alpha value is -1.67. The van der Waals surface area contributed by atoms with Crippen molar-refractivity contribution in [1.82, 2.24) is 10.3 Å². The van der Waals surface area contributed by atoms with Crippen LogP contribution < -0.4 is 5.32 Å². The molecule has 1 N–H and O–H groups in total. The first kappa shape index (κ1) is 14.7. The molecule has 20 heavy (non-hydrogen) atoms. The van der Waals surface area contributed by atoms with Gasteiger partial charge in [0, 0.05) is 11.9 Å². The van der Waals surface area contributed by atoms with Crippen molar-refractivity contribution in [1.29, 1.82) is 0 Å². The second-order valence-electron chi connectivity index (χ2n) is 5.16. The number of aromatic nitrogens is 1. The molecule has 0 saturated carbocycles. The van der Waals surface area contributed by atoms with Gasteiger partial charge in [0.1, 0.15) is 0 Å². The van der Waals surface area contributed by atoms with Crippen LogP contribution in [0.25, 0.3) is 0 Å². The van der Waals surface area contributed by atoms with E-state index in [1.807, 2.05) is 12.3 Å². The summed E-state index contributed by atoms with van der Waals surface area (Å²) < 4.78 is 0. The Bertz CT molecular complexity index is 549. The van der Waals surface area contributed by atoms with Crippen molar-refractivity contribution < 1.29 is 0 Å². The Labute approximate surface area is 122 Å². The molecule has 1 atom stereocenters. The first-order valence-corrected chi connectivity index (χ1v) is 7.50. The molecule has 0 spiro atoms. The smallest absolute Gasteiger partial charge is 0.0594 e. The van der Waals surface area contributed by atoms with Crippen molar-refractivity contribution >= 4 is 0 Å². The van der Waals surface area contributed by atoms with E-state index in [0.717, 1.165) is 25.1 Å². The number of hydrogen-bond acceptors (Lipinski definition) is 2. The van der Waals surface area contributed by atoms with Crippen LogP contribution >= 0.6 is 0 Å². The lowest BCUT2D eigenvalue weighted by atomic mass is 9.95. The third-order valence-electron chi connectivity index (χ3n) is 3.65. The molecule has 0 radical (unpaired) electrons. The van der Waals surface area contributed by atoms with Gasteiger partial charge in [-0.25, -0.2) is 0 Å². The highest BCUT2D eigenvalue weighted by molar-refractivity contribution is 5.35. The second kappa shape index (κ2) is 7.20. The van der Waals surface area contributed by atoms with Crippen molar-refractivity contribution in [2.75, 3.05) is 6.54 Å². The third kappa shape index (κ3) is 3.45. The van der Waals surface area contributed by atoms with Gasteiger partial charge in [0.15, 0.2) is 0 Å². The lowest BCUT2D eigenvalue weighted by Crippen LogP contribution is -2.24. The van der Waals surface area contributed by atoms with Crippen LogP contribution in [-0.2, 0) is 6.42 Å². The van der Waals surface area contributed by atoms with Crippen LogP contribution in [0.3, 0.4) is 0 Å². The number of aryl methyl sites for hydroxylation is 2. The minimum Gasteiger partial charge on any atom is -0.306 e. The number of nitrogens with zero attached hydrogens (tertiary/aromatic N) is 1. The summed E-state index contributed by atoms with van der Waals surface area (Å²) >= 11 is 0. The standard InChI is InChI=1S/C18H24N2/c1-4-11-20-18(17-10-7-12-19-14(17)3)16-9-6-8-15(5-2)13-16/h6-10,12-13,18,20H,4-5,11H2,1-3H3. The van der Waals surface area contributed by atoms with Gasteiger partial charge in [0.2, 0.25) is 0 Å². The molecule has 2 heteroatoms. The van der Waals surface area contributed by atoms with Crippen molar-refractivity contribution in [2.24, 2.45) is 0 Å². The van der Waals surface area contributed by atoms with Crippen LogP contribution in [0, 0.1) is 6.92 Å². The fraction of sp³-hybridized carbons (Fsp3) is 0.389. The molecule has 1 aromatic heterocycles. The quantitative estimate of drug-likeness (QED) is 0.855. The molecule has 0 saturated heterocycles. The second-order valence-corrected chi connectivity index (χ2v) is 5.16. The molecule has 0 aliphatic rings. The van der Waals surface area contributed by atoms with E-state index >= 15 is 0 Å². The SMILES string of the molecule is CCCNC(c1cccc(CC)c1)c1cccnc1C. The van der Waals surface area contributed by atoms with E-state index in [1.165, 1.54) is 16.7 Å². The van der Waals surface area contributed by atoms with Gasteiger partial charge in [-0.3, -0.25) is 4.98 Å². The Morgan fingerprint density at radius 3 is 2.70 bits per heavy atom. The van der Waals surface area contributed by atoms with Crippen LogP contribution in [0.1, 0.15) is 48.7 Å². The van der Waals surface area contributed by atoms with Crippen LogP contribution in [-0.4, -0.2) is 11.5 Å². The lowest BCUT2D eigenvalue weighted by molar-refractivity contribution is 0.593. The largest absolute Gasteiger partial charge is 0.306 e. The van der Waals surface area contributed by atoms with Gasteiger partial charge in [0.25, 0.3) is 0 Å². The predicted molar refractivity (Wildman–Crippen MR) is 84.9 cm³/mol. The number of hydrogen-bond donors (Lipinski definition) is 1. The van der Waals surface area contributed by atoms with Crippen molar-refractivity contribution in [3.8, 4) is 0 Å². The molecule has 106 valence electrons. The lowest BCUT2D eigenvalue weighted by Gasteiger charge is -2.21. The molecule has 2 nitrogen and oxygen atoms in total. The van der Waals surface area contributed by atoms with Gasteiger partial charge in [-0.2, -0.15) is 0 Å². The minimum atomic E-state index is 0.232. The highest BCUT2D eigenvalue weighted by atomic mass is 14.9. The van der Waals surface area contributed by atoms with Crippen molar-refractivity contribution in [3.63, 3.8) is 0 Å². The van der Waals surface area contributed by atoms with Crippen LogP contribution in [0.15, 0.2) is 42.6 Å². The molecule has 1 unspecified atom stereocenters. The summed E-state index contributed by atoms with van der Waals surface area (Å²) in [5.74, 6) is 0. The summed E-state index contributed by atoms with van der Waals surface area (Å²) in [6, 6.07) is 13.3. The van der Waals surface area contributed by atoms with E-state index in [9.17, 15) is 0 Å². The molecular weight excluding hydrogens is 244 g/mol. The number of pyridine rings is 1. The molecule has 0 fully saturated rings. The first-order valence-electron chi connectivity index (χ1n) is 7.50. The summed E-state index contributed by atoms with van der Waals surface area (Å²) in [7, 11) is 0. The summed E-state index contributed by atoms with van der Waals surface area (Å²) in [6.07, 6.45) is 4.06.